The van der Waals surface area contributed by atoms with Gasteiger partial charge in [-0.2, -0.15) is 5.26 Å². The number of benzene rings is 2. The first kappa shape index (κ1) is 19.5. The Morgan fingerprint density at radius 2 is 1.96 bits per heavy atom. The van der Waals surface area contributed by atoms with Crippen LogP contribution in [0.3, 0.4) is 0 Å². The van der Waals surface area contributed by atoms with Crippen LogP contribution in [0.1, 0.15) is 33.5 Å². The van der Waals surface area contributed by atoms with Gasteiger partial charge in [-0.1, -0.05) is 24.6 Å². The first-order chi connectivity index (χ1) is 13.4. The quantitative estimate of drug-likeness (QED) is 0.306. The molecule has 1 aromatic heterocycles. The van der Waals surface area contributed by atoms with Gasteiger partial charge in [0, 0.05) is 22.6 Å². The molecule has 3 aromatic rings. The number of hydrogen-bond acceptors (Lipinski definition) is 5. The van der Waals surface area contributed by atoms with Crippen molar-refractivity contribution in [3.05, 3.63) is 79.2 Å². The molecule has 5 nitrogen and oxygen atoms in total. The molecule has 0 amide bonds. The van der Waals surface area contributed by atoms with E-state index in [0.717, 1.165) is 33.7 Å². The predicted octanol–water partition coefficient (Wildman–Crippen LogP) is 5.96. The van der Waals surface area contributed by atoms with Crippen LogP contribution >= 0.6 is 11.3 Å². The summed E-state index contributed by atoms with van der Waals surface area (Å²) in [5, 5.41) is 21.1. The second-order valence-electron chi connectivity index (χ2n) is 6.48. The van der Waals surface area contributed by atoms with Gasteiger partial charge in [0.25, 0.3) is 5.69 Å². The highest BCUT2D eigenvalue weighted by Gasteiger charge is 2.16. The summed E-state index contributed by atoms with van der Waals surface area (Å²) in [6.45, 7) is 6.19. The van der Waals surface area contributed by atoms with Crippen LogP contribution in [0.4, 0.5) is 5.69 Å². The summed E-state index contributed by atoms with van der Waals surface area (Å²) in [5.41, 5.74) is 5.53. The number of allylic oxidation sites excluding steroid dienone is 1. The fraction of sp³-hybridized carbons (Fsp3) is 0.182. The Balaban J connectivity index is 2.04. The molecule has 140 valence electrons. The highest BCUT2D eigenvalue weighted by atomic mass is 32.1. The molecule has 0 spiro atoms. The van der Waals surface area contributed by atoms with E-state index in [0.29, 0.717) is 10.6 Å². The Bertz CT molecular complexity index is 1110. The molecule has 0 N–H and O–H groups in total. The number of rotatable bonds is 5. The lowest BCUT2D eigenvalue weighted by molar-refractivity contribution is -0.384. The fourth-order valence-electron chi connectivity index (χ4n) is 2.91. The third kappa shape index (κ3) is 4.00. The normalized spacial score (nSPS) is 11.3. The van der Waals surface area contributed by atoms with Crippen LogP contribution in [0, 0.1) is 35.3 Å². The predicted molar refractivity (Wildman–Crippen MR) is 113 cm³/mol. The van der Waals surface area contributed by atoms with E-state index in [9.17, 15) is 15.4 Å². The van der Waals surface area contributed by atoms with E-state index in [1.807, 2.05) is 0 Å². The number of nitro benzene ring substituents is 1. The number of aryl methyl sites for hydroxylation is 3. The Morgan fingerprint density at radius 3 is 2.57 bits per heavy atom. The maximum atomic E-state index is 10.8. The lowest BCUT2D eigenvalue weighted by Crippen LogP contribution is -1.89. The number of nitrogens with zero attached hydrogens (tertiary/aromatic N) is 3. The van der Waals surface area contributed by atoms with E-state index in [1.54, 1.807) is 18.2 Å². The van der Waals surface area contributed by atoms with Crippen LogP contribution in [-0.4, -0.2) is 9.91 Å². The van der Waals surface area contributed by atoms with E-state index >= 15 is 0 Å². The van der Waals surface area contributed by atoms with Crippen molar-refractivity contribution >= 4 is 28.7 Å². The first-order valence-corrected chi connectivity index (χ1v) is 9.68. The molecule has 0 aliphatic rings. The molecule has 28 heavy (non-hydrogen) atoms. The highest BCUT2D eigenvalue weighted by Crippen LogP contribution is 2.34. The number of aromatic nitrogens is 1. The van der Waals surface area contributed by atoms with E-state index in [1.165, 1.54) is 29.0 Å². The molecule has 1 heterocycles. The molecule has 0 aliphatic carbocycles. The number of thiazole rings is 1. The van der Waals surface area contributed by atoms with E-state index < -0.39 is 4.92 Å². The van der Waals surface area contributed by atoms with Crippen LogP contribution in [0.15, 0.2) is 42.5 Å². The van der Waals surface area contributed by atoms with E-state index in [2.05, 4.69) is 45.0 Å². The standard InChI is InChI=1S/C22H19N3O2S/c1-4-20-21(19-11-14(2)5-6-15(19)3)24-22(28-20)17(13-23)12-16-7-9-18(10-8-16)25(26)27/h5-12H,4H2,1-3H3. The van der Waals surface area contributed by atoms with Gasteiger partial charge in [0.05, 0.1) is 16.2 Å². The third-order valence-electron chi connectivity index (χ3n) is 4.43. The molecular weight excluding hydrogens is 370 g/mol. The Morgan fingerprint density at radius 1 is 1.25 bits per heavy atom. The maximum Gasteiger partial charge on any atom is 0.269 e. The van der Waals surface area contributed by atoms with Crippen molar-refractivity contribution in [1.29, 1.82) is 5.26 Å². The van der Waals surface area contributed by atoms with Gasteiger partial charge in [0.15, 0.2) is 0 Å². The summed E-state index contributed by atoms with van der Waals surface area (Å²) in [5.74, 6) is 0. The largest absolute Gasteiger partial charge is 0.269 e. The summed E-state index contributed by atoms with van der Waals surface area (Å²) < 4.78 is 0. The van der Waals surface area contributed by atoms with Crippen molar-refractivity contribution in [2.24, 2.45) is 0 Å². The molecule has 0 fully saturated rings. The minimum Gasteiger partial charge on any atom is -0.258 e. The molecule has 0 saturated heterocycles. The van der Waals surface area contributed by atoms with Crippen molar-refractivity contribution in [1.82, 2.24) is 4.98 Å². The second-order valence-corrected chi connectivity index (χ2v) is 7.56. The minimum atomic E-state index is -0.441. The smallest absolute Gasteiger partial charge is 0.258 e. The highest BCUT2D eigenvalue weighted by molar-refractivity contribution is 7.13. The molecule has 3 rings (SSSR count). The zero-order valence-electron chi connectivity index (χ0n) is 15.9. The van der Waals surface area contributed by atoms with Gasteiger partial charge in [-0.15, -0.1) is 11.3 Å². The average Bonchev–Trinajstić information content (AvgIpc) is 3.12. The first-order valence-electron chi connectivity index (χ1n) is 8.87. The van der Waals surface area contributed by atoms with Crippen molar-refractivity contribution in [2.45, 2.75) is 27.2 Å². The van der Waals surface area contributed by atoms with Crippen LogP contribution < -0.4 is 0 Å². The van der Waals surface area contributed by atoms with Gasteiger partial charge >= 0.3 is 0 Å². The van der Waals surface area contributed by atoms with Crippen molar-refractivity contribution in [2.75, 3.05) is 0 Å². The Hall–Kier alpha value is -3.30. The fourth-order valence-corrected chi connectivity index (χ4v) is 3.89. The Labute approximate surface area is 167 Å². The number of hydrogen-bond donors (Lipinski definition) is 0. The van der Waals surface area contributed by atoms with Gasteiger partial charge in [0.1, 0.15) is 11.1 Å². The molecule has 0 saturated carbocycles. The van der Waals surface area contributed by atoms with Crippen LogP contribution in [-0.2, 0) is 6.42 Å². The van der Waals surface area contributed by atoms with Gasteiger partial charge < -0.3 is 0 Å². The van der Waals surface area contributed by atoms with E-state index in [4.69, 9.17) is 4.98 Å². The third-order valence-corrected chi connectivity index (χ3v) is 5.67. The SMILES string of the molecule is CCc1sc(C(C#N)=Cc2ccc([N+](=O)[O-])cc2)nc1-c1cc(C)ccc1C. The van der Waals surface area contributed by atoms with Crippen molar-refractivity contribution < 1.29 is 4.92 Å². The lowest BCUT2D eigenvalue weighted by Gasteiger charge is -2.06. The number of non-ortho nitro benzene ring substituents is 1. The molecule has 0 atom stereocenters. The van der Waals surface area contributed by atoms with Gasteiger partial charge in [0.2, 0.25) is 0 Å². The average molecular weight is 389 g/mol. The number of nitro groups is 1. The van der Waals surface area contributed by atoms with Gasteiger partial charge in [-0.05, 0) is 55.7 Å². The lowest BCUT2D eigenvalue weighted by atomic mass is 10.0. The summed E-state index contributed by atoms with van der Waals surface area (Å²) >= 11 is 1.52. The van der Waals surface area contributed by atoms with Crippen LogP contribution in [0.2, 0.25) is 0 Å². The molecule has 0 bridgehead atoms. The summed E-state index contributed by atoms with van der Waals surface area (Å²) in [6.07, 6.45) is 2.55. The molecule has 0 aliphatic heterocycles. The molecule has 0 radical (unpaired) electrons. The molecule has 2 aromatic carbocycles. The Kier molecular flexibility index (Phi) is 5.67. The van der Waals surface area contributed by atoms with E-state index in [-0.39, 0.29) is 5.69 Å². The summed E-state index contributed by atoms with van der Waals surface area (Å²) in [4.78, 5) is 16.3. The molecule has 0 unspecified atom stereocenters. The summed E-state index contributed by atoms with van der Waals surface area (Å²) in [6, 6.07) is 14.6. The number of nitriles is 1. The molecular formula is C22H19N3O2S. The van der Waals surface area contributed by atoms with Crippen LogP contribution in [0.5, 0.6) is 0 Å². The zero-order chi connectivity index (χ0) is 20.3. The topological polar surface area (TPSA) is 79.8 Å². The monoisotopic (exact) mass is 389 g/mol. The van der Waals surface area contributed by atoms with Crippen LogP contribution in [0.25, 0.3) is 22.9 Å². The van der Waals surface area contributed by atoms with Gasteiger partial charge in [-0.3, -0.25) is 10.1 Å². The zero-order valence-corrected chi connectivity index (χ0v) is 16.7. The van der Waals surface area contributed by atoms with Crippen molar-refractivity contribution in [3.8, 4) is 17.3 Å². The minimum absolute atomic E-state index is 0.0235. The second kappa shape index (κ2) is 8.15. The van der Waals surface area contributed by atoms with Crippen molar-refractivity contribution in [3.63, 3.8) is 0 Å². The van der Waals surface area contributed by atoms with Gasteiger partial charge in [-0.25, -0.2) is 4.98 Å². The molecule has 6 heteroatoms. The maximum absolute atomic E-state index is 10.8. The summed E-state index contributed by atoms with van der Waals surface area (Å²) in [7, 11) is 0.